The van der Waals surface area contributed by atoms with Crippen LogP contribution in [-0.4, -0.2) is 13.1 Å². The summed E-state index contributed by atoms with van der Waals surface area (Å²) < 4.78 is 18.5. The average molecular weight is 236 g/mol. The summed E-state index contributed by atoms with van der Waals surface area (Å²) >= 11 is 1.48. The molecule has 0 unspecified atom stereocenters. The van der Waals surface area contributed by atoms with Crippen molar-refractivity contribution >= 4 is 17.3 Å². The molecule has 0 aliphatic rings. The van der Waals surface area contributed by atoms with E-state index in [1.54, 1.807) is 12.1 Å². The van der Waals surface area contributed by atoms with Crippen LogP contribution >= 0.6 is 11.3 Å². The first-order valence-electron chi connectivity index (χ1n) is 4.63. The van der Waals surface area contributed by atoms with Crippen molar-refractivity contribution in [3.8, 4) is 11.1 Å². The van der Waals surface area contributed by atoms with E-state index in [1.165, 1.54) is 24.5 Å². The molecule has 0 amide bonds. The Morgan fingerprint density at radius 2 is 2.19 bits per heavy atom. The fraction of sp³-hybridized carbons (Fsp3) is 0.0833. The molecule has 2 rings (SSSR count). The highest BCUT2D eigenvalue weighted by atomic mass is 32.1. The molecular formula is C12H9FO2S. The standard InChI is InChI=1S/C12H9FO2S/c1-15-12(14)10-4-2-3-9(11(10)13)8-5-6-16-7-8/h2-7H,1H3. The van der Waals surface area contributed by atoms with Gasteiger partial charge < -0.3 is 4.74 Å². The molecule has 0 saturated carbocycles. The maximum atomic E-state index is 14.0. The molecule has 0 saturated heterocycles. The molecule has 1 heterocycles. The number of methoxy groups -OCH3 is 1. The normalized spacial score (nSPS) is 10.1. The number of thiophene rings is 1. The highest BCUT2D eigenvalue weighted by Gasteiger charge is 2.16. The van der Waals surface area contributed by atoms with Crippen molar-refractivity contribution in [3.63, 3.8) is 0 Å². The number of ether oxygens (including phenoxy) is 1. The molecule has 16 heavy (non-hydrogen) atoms. The minimum absolute atomic E-state index is 0.0359. The molecule has 0 fully saturated rings. The van der Waals surface area contributed by atoms with Gasteiger partial charge in [0, 0.05) is 5.56 Å². The van der Waals surface area contributed by atoms with E-state index in [9.17, 15) is 9.18 Å². The summed E-state index contributed by atoms with van der Waals surface area (Å²) in [4.78, 5) is 11.3. The number of hydrogen-bond donors (Lipinski definition) is 0. The smallest absolute Gasteiger partial charge is 0.340 e. The fourth-order valence-corrected chi connectivity index (χ4v) is 2.10. The Hall–Kier alpha value is -1.68. The summed E-state index contributed by atoms with van der Waals surface area (Å²) in [7, 11) is 1.24. The summed E-state index contributed by atoms with van der Waals surface area (Å²) in [5.41, 5.74) is 1.16. The molecule has 0 aliphatic carbocycles. The van der Waals surface area contributed by atoms with E-state index in [0.717, 1.165) is 5.56 Å². The van der Waals surface area contributed by atoms with E-state index in [2.05, 4.69) is 4.74 Å². The largest absolute Gasteiger partial charge is 0.465 e. The van der Waals surface area contributed by atoms with Crippen LogP contribution in [0.15, 0.2) is 35.0 Å². The third-order valence-corrected chi connectivity index (χ3v) is 2.92. The van der Waals surface area contributed by atoms with Crippen molar-refractivity contribution in [2.24, 2.45) is 0 Å². The maximum Gasteiger partial charge on any atom is 0.340 e. The van der Waals surface area contributed by atoms with Crippen LogP contribution in [0.2, 0.25) is 0 Å². The van der Waals surface area contributed by atoms with Crippen molar-refractivity contribution in [2.45, 2.75) is 0 Å². The molecule has 0 radical (unpaired) electrons. The van der Waals surface area contributed by atoms with Crippen molar-refractivity contribution < 1.29 is 13.9 Å². The molecule has 1 aromatic carbocycles. The van der Waals surface area contributed by atoms with Gasteiger partial charge in [0.15, 0.2) is 0 Å². The lowest BCUT2D eigenvalue weighted by molar-refractivity contribution is 0.0595. The molecule has 1 aromatic heterocycles. The summed E-state index contributed by atoms with van der Waals surface area (Å²) in [6, 6.07) is 6.51. The van der Waals surface area contributed by atoms with E-state index < -0.39 is 11.8 Å². The van der Waals surface area contributed by atoms with Gasteiger partial charge in [-0.15, -0.1) is 0 Å². The molecular weight excluding hydrogens is 227 g/mol. The summed E-state index contributed by atoms with van der Waals surface area (Å²) in [5.74, 6) is -1.19. The van der Waals surface area contributed by atoms with E-state index in [4.69, 9.17) is 0 Å². The summed E-state index contributed by atoms with van der Waals surface area (Å²) in [6.07, 6.45) is 0. The minimum atomic E-state index is -0.658. The molecule has 0 bridgehead atoms. The maximum absolute atomic E-state index is 14.0. The fourth-order valence-electron chi connectivity index (χ4n) is 1.44. The van der Waals surface area contributed by atoms with Crippen molar-refractivity contribution in [1.82, 2.24) is 0 Å². The van der Waals surface area contributed by atoms with Crippen LogP contribution in [0.25, 0.3) is 11.1 Å². The van der Waals surface area contributed by atoms with Gasteiger partial charge in [-0.2, -0.15) is 11.3 Å². The monoisotopic (exact) mass is 236 g/mol. The second kappa shape index (κ2) is 4.45. The van der Waals surface area contributed by atoms with Crippen LogP contribution in [-0.2, 0) is 4.74 Å². The molecule has 0 N–H and O–H groups in total. The van der Waals surface area contributed by atoms with Gasteiger partial charge in [-0.1, -0.05) is 12.1 Å². The van der Waals surface area contributed by atoms with Crippen LogP contribution in [0, 0.1) is 5.82 Å². The topological polar surface area (TPSA) is 26.3 Å². The van der Waals surface area contributed by atoms with Gasteiger partial charge in [-0.3, -0.25) is 0 Å². The van der Waals surface area contributed by atoms with Gasteiger partial charge >= 0.3 is 5.97 Å². The molecule has 2 aromatic rings. The first-order valence-corrected chi connectivity index (χ1v) is 5.57. The van der Waals surface area contributed by atoms with Gasteiger partial charge in [-0.25, -0.2) is 9.18 Å². The quantitative estimate of drug-likeness (QED) is 0.747. The number of carbonyl (C=O) groups excluding carboxylic acids is 1. The SMILES string of the molecule is COC(=O)c1cccc(-c2ccsc2)c1F. The Morgan fingerprint density at radius 3 is 2.81 bits per heavy atom. The Labute approximate surface area is 96.3 Å². The van der Waals surface area contributed by atoms with Gasteiger partial charge in [-0.05, 0) is 28.5 Å². The highest BCUT2D eigenvalue weighted by Crippen LogP contribution is 2.27. The van der Waals surface area contributed by atoms with Crippen molar-refractivity contribution in [3.05, 3.63) is 46.4 Å². The number of halogens is 1. The van der Waals surface area contributed by atoms with Crippen molar-refractivity contribution in [1.29, 1.82) is 0 Å². The average Bonchev–Trinajstić information content (AvgIpc) is 2.82. The van der Waals surface area contributed by atoms with Crippen LogP contribution in [0.1, 0.15) is 10.4 Å². The lowest BCUT2D eigenvalue weighted by Crippen LogP contribution is -2.05. The number of benzene rings is 1. The second-order valence-electron chi connectivity index (χ2n) is 3.17. The van der Waals surface area contributed by atoms with Gasteiger partial charge in [0.25, 0.3) is 0 Å². The predicted molar refractivity (Wildman–Crippen MR) is 61.1 cm³/mol. The lowest BCUT2D eigenvalue weighted by Gasteiger charge is -2.05. The molecule has 2 nitrogen and oxygen atoms in total. The third kappa shape index (κ3) is 1.84. The summed E-state index contributed by atoms with van der Waals surface area (Å²) in [5, 5.41) is 3.69. The van der Waals surface area contributed by atoms with Crippen LogP contribution < -0.4 is 0 Å². The van der Waals surface area contributed by atoms with E-state index in [-0.39, 0.29) is 5.56 Å². The van der Waals surface area contributed by atoms with Gasteiger partial charge in [0.2, 0.25) is 0 Å². The van der Waals surface area contributed by atoms with Crippen molar-refractivity contribution in [2.75, 3.05) is 7.11 Å². The highest BCUT2D eigenvalue weighted by molar-refractivity contribution is 7.08. The van der Waals surface area contributed by atoms with Crippen LogP contribution in [0.4, 0.5) is 4.39 Å². The van der Waals surface area contributed by atoms with Crippen LogP contribution in [0.5, 0.6) is 0 Å². The Bertz CT molecular complexity index is 506. The van der Waals surface area contributed by atoms with Gasteiger partial charge in [0.1, 0.15) is 5.82 Å². The zero-order valence-corrected chi connectivity index (χ0v) is 9.38. The van der Waals surface area contributed by atoms with E-state index in [1.807, 2.05) is 16.8 Å². The molecule has 82 valence electrons. The summed E-state index contributed by atoms with van der Waals surface area (Å²) in [6.45, 7) is 0. The molecule has 0 aliphatic heterocycles. The zero-order chi connectivity index (χ0) is 11.5. The first-order chi connectivity index (χ1) is 7.74. The first kappa shape index (κ1) is 10.8. The van der Waals surface area contributed by atoms with Crippen LogP contribution in [0.3, 0.4) is 0 Å². The molecule has 0 atom stereocenters. The third-order valence-electron chi connectivity index (χ3n) is 2.24. The molecule has 0 spiro atoms. The Balaban J connectivity index is 2.53. The number of carbonyl (C=O) groups is 1. The zero-order valence-electron chi connectivity index (χ0n) is 8.57. The molecule has 4 heteroatoms. The van der Waals surface area contributed by atoms with Gasteiger partial charge in [0.05, 0.1) is 12.7 Å². The predicted octanol–water partition coefficient (Wildman–Crippen LogP) is 3.34. The van der Waals surface area contributed by atoms with E-state index in [0.29, 0.717) is 5.56 Å². The van der Waals surface area contributed by atoms with E-state index >= 15 is 0 Å². The number of rotatable bonds is 2. The Morgan fingerprint density at radius 1 is 1.38 bits per heavy atom. The second-order valence-corrected chi connectivity index (χ2v) is 3.95. The lowest BCUT2D eigenvalue weighted by atomic mass is 10.0. The number of hydrogen-bond acceptors (Lipinski definition) is 3. The minimum Gasteiger partial charge on any atom is -0.465 e. The Kier molecular flexibility index (Phi) is 3.01. The number of esters is 1.